The van der Waals surface area contributed by atoms with Crippen LogP contribution in [0.4, 0.5) is 4.39 Å². The van der Waals surface area contributed by atoms with Gasteiger partial charge in [0.05, 0.1) is 11.3 Å². The Balaban J connectivity index is 1.50. The van der Waals surface area contributed by atoms with Gasteiger partial charge >= 0.3 is 0 Å². The van der Waals surface area contributed by atoms with Crippen molar-refractivity contribution in [2.45, 2.75) is 57.2 Å². The van der Waals surface area contributed by atoms with Gasteiger partial charge < -0.3 is 15.7 Å². The van der Waals surface area contributed by atoms with E-state index in [4.69, 9.17) is 0 Å². The van der Waals surface area contributed by atoms with E-state index in [1.807, 2.05) is 0 Å². The van der Waals surface area contributed by atoms with Crippen LogP contribution < -0.4 is 10.6 Å². The van der Waals surface area contributed by atoms with Crippen LogP contribution >= 0.6 is 0 Å². The first-order valence-electron chi connectivity index (χ1n) is 9.97. The molecule has 2 aromatic rings. The molecule has 0 bridgehead atoms. The Morgan fingerprint density at radius 2 is 1.83 bits per heavy atom. The van der Waals surface area contributed by atoms with Crippen molar-refractivity contribution in [3.8, 4) is 11.3 Å². The Bertz CT molecular complexity index is 849. The number of aliphatic hydroxyl groups is 1. The minimum Gasteiger partial charge on any atom is -0.383 e. The number of aliphatic hydroxyl groups excluding tert-OH is 1. The molecule has 0 saturated heterocycles. The molecule has 0 aliphatic heterocycles. The van der Waals surface area contributed by atoms with Crippen LogP contribution in [0.25, 0.3) is 11.3 Å². The number of hydrogen-bond donors (Lipinski definition) is 3. The second kappa shape index (κ2) is 9.60. The first-order valence-corrected chi connectivity index (χ1v) is 9.97. The molecule has 3 N–H and O–H groups in total. The van der Waals surface area contributed by atoms with Gasteiger partial charge in [0, 0.05) is 23.8 Å². The van der Waals surface area contributed by atoms with Gasteiger partial charge in [-0.25, -0.2) is 4.39 Å². The lowest BCUT2D eigenvalue weighted by Gasteiger charge is -2.30. The summed E-state index contributed by atoms with van der Waals surface area (Å²) in [6.07, 6.45) is 3.95. The number of hydrogen-bond acceptors (Lipinski definition) is 4. The summed E-state index contributed by atoms with van der Waals surface area (Å²) in [5, 5.41) is 15.4. The van der Waals surface area contributed by atoms with Gasteiger partial charge in [0.25, 0.3) is 5.91 Å². The van der Waals surface area contributed by atoms with E-state index in [-0.39, 0.29) is 29.7 Å². The van der Waals surface area contributed by atoms with E-state index >= 15 is 0 Å². The molecule has 0 unspecified atom stereocenters. The lowest BCUT2D eigenvalue weighted by molar-refractivity contribution is -0.130. The number of halogens is 1. The monoisotopic (exact) mass is 399 g/mol. The Labute approximate surface area is 169 Å². The molecule has 1 heterocycles. The highest BCUT2D eigenvalue weighted by molar-refractivity contribution is 5.94. The Hall–Kier alpha value is -2.80. The fraction of sp³-hybridized carbons (Fsp3) is 0.409. The summed E-state index contributed by atoms with van der Waals surface area (Å²) in [7, 11) is 0. The average Bonchev–Trinajstić information content (AvgIpc) is 2.74. The lowest BCUT2D eigenvalue weighted by atomic mass is 9.90. The van der Waals surface area contributed by atoms with Crippen LogP contribution in [-0.2, 0) is 4.79 Å². The van der Waals surface area contributed by atoms with Crippen LogP contribution in [-0.4, -0.2) is 40.1 Å². The number of benzene rings is 1. The van der Waals surface area contributed by atoms with Crippen LogP contribution in [0.1, 0.15) is 49.4 Å². The van der Waals surface area contributed by atoms with Gasteiger partial charge in [-0.05, 0) is 56.4 Å². The summed E-state index contributed by atoms with van der Waals surface area (Å²) >= 11 is 0. The van der Waals surface area contributed by atoms with Gasteiger partial charge in [-0.3, -0.25) is 14.6 Å². The van der Waals surface area contributed by atoms with E-state index in [1.54, 1.807) is 31.2 Å². The second-order valence-corrected chi connectivity index (χ2v) is 7.40. The van der Waals surface area contributed by atoms with Gasteiger partial charge in [-0.2, -0.15) is 0 Å². The third-order valence-corrected chi connectivity index (χ3v) is 5.24. The van der Waals surface area contributed by atoms with Gasteiger partial charge in [0.15, 0.2) is 0 Å². The van der Waals surface area contributed by atoms with E-state index in [0.29, 0.717) is 23.2 Å². The normalized spacial score (nSPS) is 20.0. The van der Waals surface area contributed by atoms with Crippen LogP contribution in [0, 0.1) is 5.82 Å². The zero-order valence-corrected chi connectivity index (χ0v) is 16.4. The van der Waals surface area contributed by atoms with Gasteiger partial charge in [-0.1, -0.05) is 19.1 Å². The van der Waals surface area contributed by atoms with Crippen LogP contribution in [0.15, 0.2) is 42.6 Å². The standard InChI is InChI=1S/C22H26FN3O3/c1-2-20(27)22(29)26-18-9-7-17(8-10-18)25-21(28)15-6-11-19(24-13-15)14-4-3-5-16(23)12-14/h3-6,11-13,17-18,20,27H,2,7-10H2,1H3,(H,25,28)(H,26,29)/t17-,18-,20-/m1/s1. The van der Waals surface area contributed by atoms with E-state index < -0.39 is 6.10 Å². The lowest BCUT2D eigenvalue weighted by Crippen LogP contribution is -2.46. The number of rotatable bonds is 6. The van der Waals surface area contributed by atoms with Crippen molar-refractivity contribution >= 4 is 11.8 Å². The Kier molecular flexibility index (Phi) is 6.93. The van der Waals surface area contributed by atoms with Crippen molar-refractivity contribution in [1.82, 2.24) is 15.6 Å². The largest absolute Gasteiger partial charge is 0.383 e. The first kappa shape index (κ1) is 20.9. The highest BCUT2D eigenvalue weighted by atomic mass is 19.1. The third kappa shape index (κ3) is 5.60. The highest BCUT2D eigenvalue weighted by Gasteiger charge is 2.25. The number of nitrogens with zero attached hydrogens (tertiary/aromatic N) is 1. The summed E-state index contributed by atoms with van der Waals surface area (Å²) < 4.78 is 13.3. The molecular weight excluding hydrogens is 373 g/mol. The molecule has 0 spiro atoms. The van der Waals surface area contributed by atoms with Crippen molar-refractivity contribution in [3.05, 3.63) is 54.0 Å². The molecule has 1 atom stereocenters. The SMILES string of the molecule is CC[C@@H](O)C(=O)N[C@H]1CC[C@H](NC(=O)c2ccc(-c3cccc(F)c3)nc2)CC1. The fourth-order valence-electron chi connectivity index (χ4n) is 3.48. The number of carbonyl (C=O) groups excluding carboxylic acids is 2. The predicted octanol–water partition coefficient (Wildman–Crippen LogP) is 2.82. The van der Waals surface area contributed by atoms with Crippen molar-refractivity contribution in [2.75, 3.05) is 0 Å². The molecule has 1 aromatic heterocycles. The number of carbonyl (C=O) groups is 2. The van der Waals surface area contributed by atoms with Crippen molar-refractivity contribution in [1.29, 1.82) is 0 Å². The molecule has 1 fully saturated rings. The zero-order valence-electron chi connectivity index (χ0n) is 16.4. The average molecular weight is 399 g/mol. The number of aromatic nitrogens is 1. The topological polar surface area (TPSA) is 91.3 Å². The Morgan fingerprint density at radius 3 is 2.41 bits per heavy atom. The summed E-state index contributed by atoms with van der Waals surface area (Å²) in [6, 6.07) is 9.61. The van der Waals surface area contributed by atoms with Gasteiger partial charge in [0.2, 0.25) is 5.91 Å². The smallest absolute Gasteiger partial charge is 0.253 e. The minimum atomic E-state index is -0.963. The minimum absolute atomic E-state index is 0.0315. The van der Waals surface area contributed by atoms with E-state index in [0.717, 1.165) is 25.7 Å². The summed E-state index contributed by atoms with van der Waals surface area (Å²) in [6.45, 7) is 1.76. The molecule has 6 nitrogen and oxygen atoms in total. The molecule has 1 aromatic carbocycles. The van der Waals surface area contributed by atoms with Crippen molar-refractivity contribution in [3.63, 3.8) is 0 Å². The molecule has 0 radical (unpaired) electrons. The molecule has 1 aliphatic rings. The maximum Gasteiger partial charge on any atom is 0.253 e. The maximum atomic E-state index is 13.3. The molecule has 1 aliphatic carbocycles. The number of nitrogens with one attached hydrogen (secondary N) is 2. The van der Waals surface area contributed by atoms with E-state index in [1.165, 1.54) is 18.3 Å². The quantitative estimate of drug-likeness (QED) is 0.697. The van der Waals surface area contributed by atoms with E-state index in [2.05, 4.69) is 15.6 Å². The molecule has 2 amide bonds. The maximum absolute atomic E-state index is 13.3. The van der Waals surface area contributed by atoms with Crippen LogP contribution in [0.3, 0.4) is 0 Å². The molecule has 29 heavy (non-hydrogen) atoms. The zero-order chi connectivity index (χ0) is 20.8. The molecular formula is C22H26FN3O3. The van der Waals surface area contributed by atoms with Crippen LogP contribution in [0.5, 0.6) is 0 Å². The summed E-state index contributed by atoms with van der Waals surface area (Å²) in [5.41, 5.74) is 1.71. The van der Waals surface area contributed by atoms with Gasteiger partial charge in [0.1, 0.15) is 11.9 Å². The number of pyridine rings is 1. The summed E-state index contributed by atoms with van der Waals surface area (Å²) in [4.78, 5) is 28.5. The van der Waals surface area contributed by atoms with E-state index in [9.17, 15) is 19.1 Å². The van der Waals surface area contributed by atoms with Gasteiger partial charge in [-0.15, -0.1) is 0 Å². The fourth-order valence-corrected chi connectivity index (χ4v) is 3.48. The van der Waals surface area contributed by atoms with Crippen LogP contribution in [0.2, 0.25) is 0 Å². The molecule has 154 valence electrons. The second-order valence-electron chi connectivity index (χ2n) is 7.40. The highest BCUT2D eigenvalue weighted by Crippen LogP contribution is 2.20. The van der Waals surface area contributed by atoms with Crippen molar-refractivity contribution in [2.24, 2.45) is 0 Å². The third-order valence-electron chi connectivity index (χ3n) is 5.24. The summed E-state index contributed by atoms with van der Waals surface area (Å²) in [5.74, 6) is -0.858. The molecule has 3 rings (SSSR count). The first-order chi connectivity index (χ1) is 14.0. The number of amides is 2. The molecule has 7 heteroatoms. The van der Waals surface area contributed by atoms with Crippen molar-refractivity contribution < 1.29 is 19.1 Å². The predicted molar refractivity (Wildman–Crippen MR) is 108 cm³/mol. The Morgan fingerprint density at radius 1 is 1.14 bits per heavy atom. The molecule has 1 saturated carbocycles.